The molecular weight excluding hydrogens is 276 g/mol. The summed E-state index contributed by atoms with van der Waals surface area (Å²) in [4.78, 5) is 13.9. The monoisotopic (exact) mass is 288 g/mol. The van der Waals surface area contributed by atoms with E-state index in [4.69, 9.17) is 11.6 Å². The van der Waals surface area contributed by atoms with Gasteiger partial charge in [-0.1, -0.05) is 17.7 Å². The van der Waals surface area contributed by atoms with E-state index in [9.17, 15) is 10.1 Å². The summed E-state index contributed by atoms with van der Waals surface area (Å²) in [6.45, 7) is 0.555. The number of hydrogen-bond acceptors (Lipinski definition) is 6. The molecule has 8 heteroatoms. The lowest BCUT2D eigenvalue weighted by atomic mass is 10.3. The molecule has 1 aromatic heterocycles. The molecule has 1 aromatic rings. The zero-order valence-corrected chi connectivity index (χ0v) is 11.5. The van der Waals surface area contributed by atoms with E-state index in [0.29, 0.717) is 16.7 Å². The van der Waals surface area contributed by atoms with Crippen molar-refractivity contribution in [2.45, 2.75) is 6.54 Å². The van der Waals surface area contributed by atoms with Crippen LogP contribution in [0.3, 0.4) is 0 Å². The third-order valence-electron chi connectivity index (χ3n) is 1.95. The Morgan fingerprint density at radius 3 is 2.94 bits per heavy atom. The maximum absolute atomic E-state index is 10.4. The molecule has 1 rings (SSSR count). The molecule has 0 saturated heterocycles. The van der Waals surface area contributed by atoms with E-state index in [0.717, 1.165) is 11.8 Å². The third-order valence-corrected chi connectivity index (χ3v) is 2.81. The highest BCUT2D eigenvalue weighted by molar-refractivity contribution is 8.02. The fourth-order valence-electron chi connectivity index (χ4n) is 1.22. The van der Waals surface area contributed by atoms with Gasteiger partial charge in [0.2, 0.25) is 0 Å². The molecule has 98 valence electrons. The fourth-order valence-corrected chi connectivity index (χ4v) is 1.77. The molecule has 0 spiro atoms. The van der Waals surface area contributed by atoms with Gasteiger partial charge in [0.1, 0.15) is 5.15 Å². The van der Waals surface area contributed by atoms with Gasteiger partial charge in [-0.05, 0) is 17.9 Å². The Labute approximate surface area is 114 Å². The van der Waals surface area contributed by atoms with E-state index >= 15 is 0 Å². The number of nitrogens with zero attached hydrogens (tertiary/aromatic N) is 3. The number of hydrogen-bond donors (Lipinski definition) is 1. The van der Waals surface area contributed by atoms with Crippen LogP contribution in [0.2, 0.25) is 5.15 Å². The normalized spacial score (nSPS) is 11.7. The standard InChI is InChI=1S/C10H13ClN4O2S/c1-14(13-10(18-2)7-15(16)17)6-8-3-4-9(11)12-5-8/h3-5,7,13H,6H2,1-2H3/b10-7-. The van der Waals surface area contributed by atoms with Crippen LogP contribution < -0.4 is 5.43 Å². The molecule has 0 fully saturated rings. The summed E-state index contributed by atoms with van der Waals surface area (Å²) in [5.41, 5.74) is 3.87. The topological polar surface area (TPSA) is 71.3 Å². The molecule has 0 aromatic carbocycles. The largest absolute Gasteiger partial charge is 0.308 e. The van der Waals surface area contributed by atoms with Crippen molar-refractivity contribution in [3.8, 4) is 0 Å². The molecule has 0 amide bonds. The van der Waals surface area contributed by atoms with E-state index in [1.165, 1.54) is 11.8 Å². The van der Waals surface area contributed by atoms with Gasteiger partial charge in [-0.25, -0.2) is 9.99 Å². The van der Waals surface area contributed by atoms with Crippen LogP contribution in [0.15, 0.2) is 29.6 Å². The molecule has 0 atom stereocenters. The van der Waals surface area contributed by atoms with Crippen LogP contribution in [-0.4, -0.2) is 28.2 Å². The quantitative estimate of drug-likeness (QED) is 0.491. The van der Waals surface area contributed by atoms with Crippen molar-refractivity contribution >= 4 is 23.4 Å². The first kappa shape index (κ1) is 14.7. The van der Waals surface area contributed by atoms with Gasteiger partial charge in [0, 0.05) is 19.8 Å². The van der Waals surface area contributed by atoms with Crippen molar-refractivity contribution in [2.75, 3.05) is 13.3 Å². The van der Waals surface area contributed by atoms with Crippen molar-refractivity contribution in [1.29, 1.82) is 0 Å². The van der Waals surface area contributed by atoms with Gasteiger partial charge < -0.3 is 5.43 Å². The van der Waals surface area contributed by atoms with E-state index in [1.54, 1.807) is 30.6 Å². The van der Waals surface area contributed by atoms with Gasteiger partial charge in [-0.2, -0.15) is 0 Å². The van der Waals surface area contributed by atoms with Crippen LogP contribution in [0.25, 0.3) is 0 Å². The molecular formula is C10H13ClN4O2S. The Hall–Kier alpha value is -1.31. The van der Waals surface area contributed by atoms with Crippen LogP contribution in [0.4, 0.5) is 0 Å². The third kappa shape index (κ3) is 5.35. The molecule has 0 unspecified atom stereocenters. The SMILES string of the molecule is CS/C(=C\[N+](=O)[O-])NN(C)Cc1ccc(Cl)nc1. The van der Waals surface area contributed by atoms with Crippen LogP contribution in [0.5, 0.6) is 0 Å². The zero-order chi connectivity index (χ0) is 13.5. The van der Waals surface area contributed by atoms with Crippen molar-refractivity contribution in [3.63, 3.8) is 0 Å². The smallest absolute Gasteiger partial charge is 0.265 e. The van der Waals surface area contributed by atoms with Crippen LogP contribution in [-0.2, 0) is 6.54 Å². The minimum absolute atomic E-state index is 0.437. The second kappa shape index (κ2) is 7.20. The van der Waals surface area contributed by atoms with Crippen molar-refractivity contribution in [2.24, 2.45) is 0 Å². The van der Waals surface area contributed by atoms with Crippen LogP contribution in [0, 0.1) is 10.1 Å². The Kier molecular flexibility index (Phi) is 5.90. The summed E-state index contributed by atoms with van der Waals surface area (Å²) >= 11 is 6.95. The van der Waals surface area contributed by atoms with Gasteiger partial charge in [-0.15, -0.1) is 11.8 Å². The number of rotatable bonds is 6. The lowest BCUT2D eigenvalue weighted by Crippen LogP contribution is -2.32. The second-order valence-corrected chi connectivity index (χ2v) is 4.68. The summed E-state index contributed by atoms with van der Waals surface area (Å²) in [5.74, 6) is 0. The summed E-state index contributed by atoms with van der Waals surface area (Å²) in [7, 11) is 1.79. The molecule has 0 aliphatic carbocycles. The molecule has 6 nitrogen and oxygen atoms in total. The summed E-state index contributed by atoms with van der Waals surface area (Å²) in [5, 5.41) is 13.0. The molecule has 1 N–H and O–H groups in total. The number of thioether (sulfide) groups is 1. The first-order valence-corrected chi connectivity index (χ1v) is 6.59. The average Bonchev–Trinajstić information content (AvgIpc) is 2.30. The fraction of sp³-hybridized carbons (Fsp3) is 0.300. The second-order valence-electron chi connectivity index (χ2n) is 3.44. The predicted octanol–water partition coefficient (Wildman–Crippen LogP) is 2.11. The molecule has 0 saturated carbocycles. The van der Waals surface area contributed by atoms with Gasteiger partial charge in [0.15, 0.2) is 5.03 Å². The van der Waals surface area contributed by atoms with Gasteiger partial charge >= 0.3 is 0 Å². The minimum atomic E-state index is -0.490. The number of pyridine rings is 1. The number of hydrazine groups is 1. The Morgan fingerprint density at radius 1 is 1.72 bits per heavy atom. The van der Waals surface area contributed by atoms with Gasteiger partial charge in [-0.3, -0.25) is 10.1 Å². The molecule has 0 radical (unpaired) electrons. The molecule has 0 aliphatic rings. The van der Waals surface area contributed by atoms with E-state index in [2.05, 4.69) is 10.4 Å². The zero-order valence-electron chi connectivity index (χ0n) is 9.96. The highest BCUT2D eigenvalue weighted by atomic mass is 35.5. The first-order valence-electron chi connectivity index (χ1n) is 4.99. The Morgan fingerprint density at radius 2 is 2.44 bits per heavy atom. The van der Waals surface area contributed by atoms with Crippen molar-refractivity contribution in [3.05, 3.63) is 50.4 Å². The molecule has 1 heterocycles. The maximum Gasteiger partial charge on any atom is 0.265 e. The number of aromatic nitrogens is 1. The van der Waals surface area contributed by atoms with Gasteiger partial charge in [0.25, 0.3) is 6.20 Å². The molecule has 18 heavy (non-hydrogen) atoms. The minimum Gasteiger partial charge on any atom is -0.308 e. The Bertz CT molecular complexity index is 438. The van der Waals surface area contributed by atoms with Gasteiger partial charge in [0.05, 0.1) is 4.92 Å². The van der Waals surface area contributed by atoms with Crippen LogP contribution >= 0.6 is 23.4 Å². The summed E-state index contributed by atoms with van der Waals surface area (Å²) in [6, 6.07) is 3.55. The van der Waals surface area contributed by atoms with Crippen molar-refractivity contribution < 1.29 is 4.92 Å². The summed E-state index contributed by atoms with van der Waals surface area (Å²) < 4.78 is 0. The predicted molar refractivity (Wildman–Crippen MR) is 72.4 cm³/mol. The summed E-state index contributed by atoms with van der Waals surface area (Å²) in [6.07, 6.45) is 4.36. The molecule has 0 aliphatic heterocycles. The number of nitro groups is 1. The van der Waals surface area contributed by atoms with E-state index < -0.39 is 4.92 Å². The van der Waals surface area contributed by atoms with Crippen LogP contribution in [0.1, 0.15) is 5.56 Å². The van der Waals surface area contributed by atoms with Crippen molar-refractivity contribution in [1.82, 2.24) is 15.4 Å². The molecule has 0 bridgehead atoms. The lowest BCUT2D eigenvalue weighted by molar-refractivity contribution is -0.403. The number of nitrogens with one attached hydrogen (secondary N) is 1. The highest BCUT2D eigenvalue weighted by Gasteiger charge is 2.05. The highest BCUT2D eigenvalue weighted by Crippen LogP contribution is 2.10. The first-order chi connectivity index (χ1) is 8.51. The lowest BCUT2D eigenvalue weighted by Gasteiger charge is -2.19. The van der Waals surface area contributed by atoms with E-state index in [1.807, 2.05) is 6.07 Å². The average molecular weight is 289 g/mol. The maximum atomic E-state index is 10.4. The Balaban J connectivity index is 2.57. The number of halogens is 1. The van der Waals surface area contributed by atoms with E-state index in [-0.39, 0.29) is 0 Å².